The van der Waals surface area contributed by atoms with Crippen LogP contribution in [0.2, 0.25) is 0 Å². The quantitative estimate of drug-likeness (QED) is 0.285. The van der Waals surface area contributed by atoms with Crippen LogP contribution in [0.3, 0.4) is 0 Å². The van der Waals surface area contributed by atoms with Gasteiger partial charge in [-0.25, -0.2) is 0 Å². The van der Waals surface area contributed by atoms with Gasteiger partial charge in [0.2, 0.25) is 0 Å². The van der Waals surface area contributed by atoms with E-state index in [9.17, 15) is 4.79 Å². The smallest absolute Gasteiger partial charge is 0.191 e. The molecule has 198 valence electrons. The van der Waals surface area contributed by atoms with Gasteiger partial charge in [0.25, 0.3) is 0 Å². The molecule has 2 atom stereocenters. The molecule has 6 heteroatoms. The molecule has 6 nitrogen and oxygen atoms in total. The average molecular weight is 504 g/mol. The maximum absolute atomic E-state index is 11.1. The molecular weight excluding hydrogens is 462 g/mol. The van der Waals surface area contributed by atoms with Gasteiger partial charge in [-0.15, -0.1) is 0 Å². The van der Waals surface area contributed by atoms with Crippen molar-refractivity contribution < 1.29 is 14.3 Å². The Morgan fingerprint density at radius 2 is 1.95 bits per heavy atom. The van der Waals surface area contributed by atoms with Gasteiger partial charge in [0.05, 0.1) is 6.61 Å². The van der Waals surface area contributed by atoms with Gasteiger partial charge in [-0.1, -0.05) is 32.0 Å². The summed E-state index contributed by atoms with van der Waals surface area (Å²) in [6.45, 7) is 13.1. The van der Waals surface area contributed by atoms with Crippen LogP contribution in [0.5, 0.6) is 5.88 Å². The molecule has 0 amide bonds. The van der Waals surface area contributed by atoms with E-state index in [1.54, 1.807) is 0 Å². The van der Waals surface area contributed by atoms with Crippen LogP contribution in [0.1, 0.15) is 56.7 Å². The summed E-state index contributed by atoms with van der Waals surface area (Å²) in [5.41, 5.74) is 8.56. The predicted molar refractivity (Wildman–Crippen MR) is 152 cm³/mol. The Morgan fingerprint density at radius 1 is 1.14 bits per heavy atom. The largest absolute Gasteiger partial charge is 0.479 e. The summed E-state index contributed by atoms with van der Waals surface area (Å²) in [6.07, 6.45) is 5.29. The fourth-order valence-electron chi connectivity index (χ4n) is 5.15. The monoisotopic (exact) mass is 503 g/mol. The van der Waals surface area contributed by atoms with Gasteiger partial charge in [-0.2, -0.15) is 0 Å². The molecule has 2 unspecified atom stereocenters. The molecule has 1 aromatic heterocycles. The number of H-pyrrole nitrogens is 1. The second-order valence-corrected chi connectivity index (χ2v) is 9.74. The van der Waals surface area contributed by atoms with Gasteiger partial charge in [0, 0.05) is 53.7 Å². The molecule has 0 bridgehead atoms. The molecule has 37 heavy (non-hydrogen) atoms. The van der Waals surface area contributed by atoms with Crippen molar-refractivity contribution in [2.45, 2.75) is 66.0 Å². The highest BCUT2D eigenvalue weighted by molar-refractivity contribution is 5.73. The first kappa shape index (κ1) is 28.2. The van der Waals surface area contributed by atoms with Crippen molar-refractivity contribution in [3.8, 4) is 17.1 Å². The molecule has 0 saturated carbocycles. The fraction of sp³-hybridized carbons (Fsp3) is 0.419. The number of nitrogens with zero attached hydrogens (tertiary/aromatic N) is 1. The molecule has 2 N–H and O–H groups in total. The number of aromatic amines is 1. The highest BCUT2D eigenvalue weighted by Crippen LogP contribution is 2.33. The molecule has 3 aromatic rings. The first-order valence-electron chi connectivity index (χ1n) is 13.3. The number of aryl methyl sites for hydroxylation is 1. The van der Waals surface area contributed by atoms with E-state index in [1.165, 1.54) is 27.9 Å². The summed E-state index contributed by atoms with van der Waals surface area (Å²) in [5, 5.41) is 3.70. The Balaban J connectivity index is 0.00000186. The lowest BCUT2D eigenvalue weighted by Gasteiger charge is -2.36. The van der Waals surface area contributed by atoms with Gasteiger partial charge < -0.3 is 24.6 Å². The van der Waals surface area contributed by atoms with Crippen LogP contribution in [-0.4, -0.2) is 42.2 Å². The van der Waals surface area contributed by atoms with Crippen LogP contribution >= 0.6 is 0 Å². The number of carbonyl (C=O) groups excluding carboxylic acids is 2. The second kappa shape index (κ2) is 13.8. The number of anilines is 2. The van der Waals surface area contributed by atoms with Gasteiger partial charge >= 0.3 is 0 Å². The summed E-state index contributed by atoms with van der Waals surface area (Å²) in [5.74, 6) is 0.945. The summed E-state index contributed by atoms with van der Waals surface area (Å²) >= 11 is 0. The van der Waals surface area contributed by atoms with E-state index < -0.39 is 0 Å². The summed E-state index contributed by atoms with van der Waals surface area (Å²) in [6, 6.07) is 17.8. The number of aldehydes is 1. The van der Waals surface area contributed by atoms with Gasteiger partial charge in [-0.3, -0.25) is 4.90 Å². The van der Waals surface area contributed by atoms with Crippen LogP contribution in [-0.2, 0) is 22.6 Å². The van der Waals surface area contributed by atoms with Gasteiger partial charge in [0.1, 0.15) is 13.1 Å². The third-order valence-electron chi connectivity index (χ3n) is 7.24. The van der Waals surface area contributed by atoms with Crippen molar-refractivity contribution in [1.29, 1.82) is 0 Å². The zero-order chi connectivity index (χ0) is 26.8. The van der Waals surface area contributed by atoms with Crippen molar-refractivity contribution in [3.05, 3.63) is 65.2 Å². The molecular formula is C31H41N3O3. The van der Waals surface area contributed by atoms with E-state index in [2.05, 4.69) is 71.5 Å². The van der Waals surface area contributed by atoms with Gasteiger partial charge in [0.15, 0.2) is 5.88 Å². The Morgan fingerprint density at radius 3 is 2.68 bits per heavy atom. The number of rotatable bonds is 11. The van der Waals surface area contributed by atoms with Crippen molar-refractivity contribution in [2.24, 2.45) is 5.92 Å². The van der Waals surface area contributed by atoms with E-state index in [-0.39, 0.29) is 5.92 Å². The van der Waals surface area contributed by atoms with Crippen molar-refractivity contribution in [2.75, 3.05) is 18.5 Å². The second-order valence-electron chi connectivity index (χ2n) is 9.74. The third-order valence-corrected chi connectivity index (χ3v) is 7.24. The molecule has 2 aromatic carbocycles. The number of ether oxygens (including phenoxy) is 1. The SMILES string of the molecule is C=O.CCOc1ccc(-c2cc(Nc3cccc4c3CCN(C(CC)CCC(C)C=O)C4)ccc2C)[nH]1. The van der Waals surface area contributed by atoms with E-state index in [0.29, 0.717) is 12.6 Å². The van der Waals surface area contributed by atoms with Crippen molar-refractivity contribution >= 4 is 24.5 Å². The van der Waals surface area contributed by atoms with Crippen LogP contribution in [0.25, 0.3) is 11.3 Å². The Kier molecular flexibility index (Phi) is 10.5. The Hall–Kier alpha value is -3.38. The van der Waals surface area contributed by atoms with E-state index in [1.807, 2.05) is 26.7 Å². The topological polar surface area (TPSA) is 74.4 Å². The molecule has 0 fully saturated rings. The minimum Gasteiger partial charge on any atom is -0.479 e. The van der Waals surface area contributed by atoms with E-state index in [0.717, 1.165) is 62.3 Å². The number of aromatic nitrogens is 1. The maximum Gasteiger partial charge on any atom is 0.191 e. The first-order chi connectivity index (χ1) is 18.0. The van der Waals surface area contributed by atoms with Crippen LogP contribution in [0, 0.1) is 12.8 Å². The molecule has 0 radical (unpaired) electrons. The van der Waals surface area contributed by atoms with Crippen LogP contribution < -0.4 is 10.1 Å². The highest BCUT2D eigenvalue weighted by atomic mass is 16.5. The zero-order valence-corrected chi connectivity index (χ0v) is 22.7. The Labute approximate surface area is 221 Å². The molecule has 4 rings (SSSR count). The van der Waals surface area contributed by atoms with E-state index in [4.69, 9.17) is 9.53 Å². The first-order valence-corrected chi connectivity index (χ1v) is 13.3. The van der Waals surface area contributed by atoms with Gasteiger partial charge in [-0.05, 0) is 80.5 Å². The number of hydrogen-bond donors (Lipinski definition) is 2. The third kappa shape index (κ3) is 7.10. The van der Waals surface area contributed by atoms with Crippen molar-refractivity contribution in [3.63, 3.8) is 0 Å². The number of nitrogens with one attached hydrogen (secondary N) is 2. The normalized spacial score (nSPS) is 14.6. The molecule has 1 aliphatic heterocycles. The lowest BCUT2D eigenvalue weighted by atomic mass is 9.93. The fourth-order valence-corrected chi connectivity index (χ4v) is 5.15. The average Bonchev–Trinajstić information content (AvgIpc) is 3.39. The molecule has 2 heterocycles. The highest BCUT2D eigenvalue weighted by Gasteiger charge is 2.24. The molecule has 0 spiro atoms. The summed E-state index contributed by atoms with van der Waals surface area (Å²) in [4.78, 5) is 25.0. The number of fused-ring (bicyclic) bond motifs is 1. The van der Waals surface area contributed by atoms with E-state index >= 15 is 0 Å². The minimum absolute atomic E-state index is 0.146. The predicted octanol–water partition coefficient (Wildman–Crippen LogP) is 6.70. The van der Waals surface area contributed by atoms with Crippen molar-refractivity contribution in [1.82, 2.24) is 9.88 Å². The zero-order valence-electron chi connectivity index (χ0n) is 22.7. The lowest BCUT2D eigenvalue weighted by Crippen LogP contribution is -2.39. The molecule has 0 aliphatic carbocycles. The number of carbonyl (C=O) groups is 2. The number of hydrogen-bond acceptors (Lipinski definition) is 5. The maximum atomic E-state index is 11.1. The summed E-state index contributed by atoms with van der Waals surface area (Å²) < 4.78 is 5.61. The minimum atomic E-state index is 0.146. The van der Waals surface area contributed by atoms with Crippen LogP contribution in [0.15, 0.2) is 48.5 Å². The Bertz CT molecular complexity index is 1160. The van der Waals surface area contributed by atoms with Crippen LogP contribution in [0.4, 0.5) is 11.4 Å². The molecule has 1 aliphatic rings. The summed E-state index contributed by atoms with van der Waals surface area (Å²) in [7, 11) is 0. The number of benzene rings is 2. The lowest BCUT2D eigenvalue weighted by molar-refractivity contribution is -0.110. The molecule has 0 saturated heterocycles. The standard InChI is InChI=1S/C30H39N3O2.CH2O/c1-5-25(13-10-21(3)20-34)33-17-16-26-23(19-33)8-7-9-28(26)31-24-12-11-22(4)27(18-24)29-14-15-30(32-29)35-6-2;1-2/h7-9,11-12,14-15,18,20-21,25,31-32H,5-6,10,13,16-17,19H2,1-4H3;1H2.